The van der Waals surface area contributed by atoms with Gasteiger partial charge in [0.05, 0.1) is 11.3 Å². The highest BCUT2D eigenvalue weighted by molar-refractivity contribution is 5.63. The van der Waals surface area contributed by atoms with Crippen molar-refractivity contribution in [3.05, 3.63) is 47.7 Å². The Morgan fingerprint density at radius 3 is 2.25 bits per heavy atom. The van der Waals surface area contributed by atoms with E-state index in [9.17, 15) is 8.78 Å². The third kappa shape index (κ3) is 1.47. The lowest BCUT2D eigenvalue weighted by Gasteiger charge is -2.06. The van der Waals surface area contributed by atoms with Gasteiger partial charge in [-0.1, -0.05) is 6.07 Å². The number of nitriles is 1. The van der Waals surface area contributed by atoms with E-state index < -0.39 is 11.6 Å². The number of hydrogen-bond donors (Lipinski definition) is 0. The molecule has 0 aliphatic heterocycles. The minimum Gasteiger partial charge on any atom is -0.335 e. The van der Waals surface area contributed by atoms with Gasteiger partial charge in [-0.3, -0.25) is 0 Å². The topological polar surface area (TPSA) is 28.7 Å². The Balaban J connectivity index is 2.69. The fourth-order valence-electron chi connectivity index (χ4n) is 1.62. The Morgan fingerprint density at radius 1 is 1.12 bits per heavy atom. The van der Waals surface area contributed by atoms with Crippen LogP contribution < -0.4 is 0 Å². The summed E-state index contributed by atoms with van der Waals surface area (Å²) in [4.78, 5) is 0. The highest BCUT2D eigenvalue weighted by Crippen LogP contribution is 2.26. The van der Waals surface area contributed by atoms with Crippen LogP contribution in [0, 0.1) is 23.0 Å². The third-order valence-corrected chi connectivity index (χ3v) is 2.46. The summed E-state index contributed by atoms with van der Waals surface area (Å²) in [6.07, 6.45) is 0. The summed E-state index contributed by atoms with van der Waals surface area (Å²) < 4.78 is 28.4. The highest BCUT2D eigenvalue weighted by Gasteiger charge is 2.14. The first-order valence-corrected chi connectivity index (χ1v) is 4.65. The number of benzene rings is 1. The SMILES string of the molecule is Cn1c(C#N)ccc1-c1c(F)cccc1F. The van der Waals surface area contributed by atoms with Crippen LogP contribution in [0.5, 0.6) is 0 Å². The van der Waals surface area contributed by atoms with Gasteiger partial charge in [-0.25, -0.2) is 8.78 Å². The molecule has 0 radical (unpaired) electrons. The first kappa shape index (κ1) is 10.4. The van der Waals surface area contributed by atoms with Gasteiger partial charge < -0.3 is 4.57 Å². The monoisotopic (exact) mass is 218 g/mol. The lowest BCUT2D eigenvalue weighted by atomic mass is 10.1. The first-order valence-electron chi connectivity index (χ1n) is 4.65. The summed E-state index contributed by atoms with van der Waals surface area (Å²) in [5.41, 5.74) is 0.608. The molecule has 2 aromatic rings. The van der Waals surface area contributed by atoms with Gasteiger partial charge in [-0.2, -0.15) is 5.26 Å². The summed E-state index contributed by atoms with van der Waals surface area (Å²) in [6.45, 7) is 0. The number of rotatable bonds is 1. The molecule has 0 N–H and O–H groups in total. The summed E-state index contributed by atoms with van der Waals surface area (Å²) in [5, 5.41) is 8.76. The lowest BCUT2D eigenvalue weighted by molar-refractivity contribution is 0.587. The molecule has 0 aliphatic rings. The molecule has 0 bridgehead atoms. The maximum absolute atomic E-state index is 13.5. The number of aromatic nitrogens is 1. The Labute approximate surface area is 91.4 Å². The van der Waals surface area contributed by atoms with E-state index in [2.05, 4.69) is 0 Å². The number of hydrogen-bond acceptors (Lipinski definition) is 1. The molecular formula is C12H8F2N2. The summed E-state index contributed by atoms with van der Waals surface area (Å²) in [5.74, 6) is -1.27. The van der Waals surface area contributed by atoms with Crippen LogP contribution in [0.3, 0.4) is 0 Å². The molecular weight excluding hydrogens is 210 g/mol. The maximum Gasteiger partial charge on any atom is 0.135 e. The predicted octanol–water partition coefficient (Wildman–Crippen LogP) is 2.84. The van der Waals surface area contributed by atoms with Crippen molar-refractivity contribution >= 4 is 0 Å². The van der Waals surface area contributed by atoms with Crippen LogP contribution in [0.15, 0.2) is 30.3 Å². The molecule has 0 aliphatic carbocycles. The first-order chi connectivity index (χ1) is 7.65. The van der Waals surface area contributed by atoms with Crippen molar-refractivity contribution < 1.29 is 8.78 Å². The average molecular weight is 218 g/mol. The average Bonchev–Trinajstić information content (AvgIpc) is 2.60. The number of halogens is 2. The third-order valence-electron chi connectivity index (χ3n) is 2.46. The van der Waals surface area contributed by atoms with Crippen molar-refractivity contribution in [2.45, 2.75) is 0 Å². The van der Waals surface area contributed by atoms with Gasteiger partial charge in [0.15, 0.2) is 0 Å². The van der Waals surface area contributed by atoms with Crippen molar-refractivity contribution in [1.29, 1.82) is 5.26 Å². The fourth-order valence-corrected chi connectivity index (χ4v) is 1.62. The van der Waals surface area contributed by atoms with Gasteiger partial charge in [0.25, 0.3) is 0 Å². The Bertz CT molecular complexity index is 559. The van der Waals surface area contributed by atoms with Crippen molar-refractivity contribution in [3.8, 4) is 17.3 Å². The number of nitrogens with zero attached hydrogens (tertiary/aromatic N) is 2. The minimum absolute atomic E-state index is 0.105. The van der Waals surface area contributed by atoms with Gasteiger partial charge in [-0.15, -0.1) is 0 Å². The fraction of sp³-hybridized carbons (Fsp3) is 0.0833. The Hall–Kier alpha value is -2.15. The quantitative estimate of drug-likeness (QED) is 0.723. The van der Waals surface area contributed by atoms with E-state index in [1.54, 1.807) is 7.05 Å². The second kappa shape index (κ2) is 3.78. The van der Waals surface area contributed by atoms with Crippen LogP contribution in [0.1, 0.15) is 5.69 Å². The molecule has 1 aromatic heterocycles. The van der Waals surface area contributed by atoms with E-state index in [0.717, 1.165) is 0 Å². The molecule has 0 fully saturated rings. The molecule has 0 unspecified atom stereocenters. The molecule has 0 spiro atoms. The molecule has 0 saturated heterocycles. The van der Waals surface area contributed by atoms with Crippen molar-refractivity contribution in [2.75, 3.05) is 0 Å². The summed E-state index contributed by atoms with van der Waals surface area (Å²) in [7, 11) is 1.60. The van der Waals surface area contributed by atoms with E-state index in [-0.39, 0.29) is 5.56 Å². The Morgan fingerprint density at radius 2 is 1.75 bits per heavy atom. The molecule has 0 saturated carbocycles. The van der Waals surface area contributed by atoms with Crippen LogP contribution in [0.25, 0.3) is 11.3 Å². The molecule has 0 amide bonds. The molecule has 1 aromatic carbocycles. The van der Waals surface area contributed by atoms with Crippen LogP contribution >= 0.6 is 0 Å². The second-order valence-corrected chi connectivity index (χ2v) is 3.37. The van der Waals surface area contributed by atoms with Crippen LogP contribution in [0.2, 0.25) is 0 Å². The second-order valence-electron chi connectivity index (χ2n) is 3.37. The largest absolute Gasteiger partial charge is 0.335 e. The van der Waals surface area contributed by atoms with Crippen molar-refractivity contribution in [3.63, 3.8) is 0 Å². The van der Waals surface area contributed by atoms with Crippen LogP contribution in [0.4, 0.5) is 8.78 Å². The van der Waals surface area contributed by atoms with E-state index in [4.69, 9.17) is 5.26 Å². The van der Waals surface area contributed by atoms with E-state index in [1.807, 2.05) is 6.07 Å². The highest BCUT2D eigenvalue weighted by atomic mass is 19.1. The van der Waals surface area contributed by atoms with E-state index in [0.29, 0.717) is 11.4 Å². The minimum atomic E-state index is -0.634. The molecule has 4 heteroatoms. The lowest BCUT2D eigenvalue weighted by Crippen LogP contribution is -1.98. The summed E-state index contributed by atoms with van der Waals surface area (Å²) >= 11 is 0. The molecule has 2 nitrogen and oxygen atoms in total. The van der Waals surface area contributed by atoms with Gasteiger partial charge >= 0.3 is 0 Å². The zero-order valence-electron chi connectivity index (χ0n) is 8.54. The molecule has 0 atom stereocenters. The van der Waals surface area contributed by atoms with Gasteiger partial charge in [0, 0.05) is 7.05 Å². The normalized spacial score (nSPS) is 10.1. The smallest absolute Gasteiger partial charge is 0.135 e. The van der Waals surface area contributed by atoms with Crippen molar-refractivity contribution in [1.82, 2.24) is 4.57 Å². The predicted molar refractivity (Wildman–Crippen MR) is 55.5 cm³/mol. The molecule has 80 valence electrons. The van der Waals surface area contributed by atoms with E-state index >= 15 is 0 Å². The zero-order valence-corrected chi connectivity index (χ0v) is 8.54. The van der Waals surface area contributed by atoms with Gasteiger partial charge in [0.2, 0.25) is 0 Å². The molecule has 1 heterocycles. The van der Waals surface area contributed by atoms with Gasteiger partial charge in [0.1, 0.15) is 23.4 Å². The maximum atomic E-state index is 13.5. The zero-order chi connectivity index (χ0) is 11.7. The Kier molecular flexibility index (Phi) is 2.45. The molecule has 2 rings (SSSR count). The summed E-state index contributed by atoms with van der Waals surface area (Å²) in [6, 6.07) is 8.69. The molecule has 16 heavy (non-hydrogen) atoms. The standard InChI is InChI=1S/C12H8F2N2/c1-16-8(7-15)5-6-11(16)12-9(13)3-2-4-10(12)14/h2-6H,1H3. The van der Waals surface area contributed by atoms with Crippen LogP contribution in [-0.4, -0.2) is 4.57 Å². The van der Waals surface area contributed by atoms with Crippen molar-refractivity contribution in [2.24, 2.45) is 7.05 Å². The van der Waals surface area contributed by atoms with Crippen LogP contribution in [-0.2, 0) is 7.05 Å². The van der Waals surface area contributed by atoms with E-state index in [1.165, 1.54) is 34.9 Å². The van der Waals surface area contributed by atoms with Gasteiger partial charge in [-0.05, 0) is 24.3 Å².